The van der Waals surface area contributed by atoms with E-state index in [0.717, 1.165) is 32.1 Å². The maximum Gasteiger partial charge on any atom is 0.0620 e. The number of allylic oxidation sites excluding steroid dienone is 4. The maximum atomic E-state index is 9.95. The molecule has 0 bridgehead atoms. The van der Waals surface area contributed by atoms with Crippen molar-refractivity contribution in [3.8, 4) is 0 Å². The molecular weight excluding hydrogens is 244 g/mol. The summed E-state index contributed by atoms with van der Waals surface area (Å²) in [7, 11) is 0. The van der Waals surface area contributed by atoms with E-state index in [1.165, 1.54) is 31.3 Å². The molecule has 0 saturated heterocycles. The van der Waals surface area contributed by atoms with E-state index in [0.29, 0.717) is 0 Å². The highest BCUT2D eigenvalue weighted by Crippen LogP contribution is 2.18. The molecule has 0 amide bonds. The summed E-state index contributed by atoms with van der Waals surface area (Å²) in [5, 5.41) is 9.95. The molecule has 0 aliphatic heterocycles. The van der Waals surface area contributed by atoms with E-state index < -0.39 is 5.60 Å². The topological polar surface area (TPSA) is 20.2 Å². The minimum Gasteiger partial charge on any atom is -0.390 e. The Morgan fingerprint density at radius 2 is 1.55 bits per heavy atom. The largest absolute Gasteiger partial charge is 0.390 e. The second-order valence-corrected chi connectivity index (χ2v) is 6.49. The van der Waals surface area contributed by atoms with E-state index in [9.17, 15) is 5.11 Å². The van der Waals surface area contributed by atoms with Crippen molar-refractivity contribution in [2.45, 2.75) is 98.0 Å². The molecule has 0 radical (unpaired) electrons. The monoisotopic (exact) mass is 280 g/mol. The van der Waals surface area contributed by atoms with Crippen molar-refractivity contribution in [2.24, 2.45) is 0 Å². The van der Waals surface area contributed by atoms with Gasteiger partial charge in [0.1, 0.15) is 0 Å². The summed E-state index contributed by atoms with van der Waals surface area (Å²) >= 11 is 0. The third kappa shape index (κ3) is 11.3. The lowest BCUT2D eigenvalue weighted by atomic mass is 9.96. The molecule has 20 heavy (non-hydrogen) atoms. The smallest absolute Gasteiger partial charge is 0.0620 e. The van der Waals surface area contributed by atoms with Gasteiger partial charge in [-0.05, 0) is 65.7 Å². The van der Waals surface area contributed by atoms with Crippen molar-refractivity contribution >= 4 is 0 Å². The highest BCUT2D eigenvalue weighted by atomic mass is 16.3. The summed E-state index contributed by atoms with van der Waals surface area (Å²) in [6, 6.07) is 0. The summed E-state index contributed by atoms with van der Waals surface area (Å²) in [6.07, 6.45) is 14.9. The molecule has 0 aromatic rings. The van der Waals surface area contributed by atoms with Gasteiger partial charge >= 0.3 is 0 Å². The summed E-state index contributed by atoms with van der Waals surface area (Å²) in [5.41, 5.74) is 2.50. The first-order valence-corrected chi connectivity index (χ1v) is 8.45. The summed E-state index contributed by atoms with van der Waals surface area (Å²) in [4.78, 5) is 0. The zero-order chi connectivity index (χ0) is 15.4. The van der Waals surface area contributed by atoms with Crippen molar-refractivity contribution in [1.29, 1.82) is 0 Å². The van der Waals surface area contributed by atoms with Crippen LogP contribution in [-0.4, -0.2) is 10.7 Å². The first kappa shape index (κ1) is 19.4. The van der Waals surface area contributed by atoms with Gasteiger partial charge in [0.05, 0.1) is 5.60 Å². The van der Waals surface area contributed by atoms with Crippen LogP contribution in [-0.2, 0) is 0 Å². The van der Waals surface area contributed by atoms with Gasteiger partial charge in [-0.2, -0.15) is 0 Å². The lowest BCUT2D eigenvalue weighted by Crippen LogP contribution is -2.21. The fourth-order valence-corrected chi connectivity index (χ4v) is 2.21. The van der Waals surface area contributed by atoms with Crippen LogP contribution in [0.25, 0.3) is 0 Å². The predicted octanol–water partition coefficient (Wildman–Crippen LogP) is 6.18. The van der Waals surface area contributed by atoms with Crippen LogP contribution in [0.5, 0.6) is 0 Å². The van der Waals surface area contributed by atoms with Gasteiger partial charge in [0.15, 0.2) is 0 Å². The van der Waals surface area contributed by atoms with Gasteiger partial charge in [0.25, 0.3) is 0 Å². The average molecular weight is 280 g/mol. The molecule has 0 spiro atoms. The zero-order valence-corrected chi connectivity index (χ0v) is 14.5. The fraction of sp³-hybridized carbons (Fsp3) is 0.789. The predicted molar refractivity (Wildman–Crippen MR) is 91.0 cm³/mol. The van der Waals surface area contributed by atoms with Crippen LogP contribution in [0.4, 0.5) is 0 Å². The Morgan fingerprint density at radius 3 is 2.15 bits per heavy atom. The number of hydrogen-bond donors (Lipinski definition) is 1. The van der Waals surface area contributed by atoms with Gasteiger partial charge in [-0.25, -0.2) is 0 Å². The Labute approximate surface area is 127 Å². The van der Waals surface area contributed by atoms with Gasteiger partial charge in [0, 0.05) is 0 Å². The molecule has 1 atom stereocenters. The van der Waals surface area contributed by atoms with Crippen molar-refractivity contribution in [1.82, 2.24) is 0 Å². The molecule has 118 valence electrons. The molecule has 0 heterocycles. The van der Waals surface area contributed by atoms with Crippen LogP contribution in [0.15, 0.2) is 23.3 Å². The molecule has 0 aromatic carbocycles. The minimum atomic E-state index is -0.494. The molecule has 0 saturated carbocycles. The normalized spacial score (nSPS) is 16.3. The van der Waals surface area contributed by atoms with E-state index in [1.807, 2.05) is 13.8 Å². The summed E-state index contributed by atoms with van der Waals surface area (Å²) in [5.74, 6) is 0. The second kappa shape index (κ2) is 11.1. The van der Waals surface area contributed by atoms with Gasteiger partial charge in [0.2, 0.25) is 0 Å². The van der Waals surface area contributed by atoms with Crippen LogP contribution in [0.2, 0.25) is 0 Å². The molecule has 1 heteroatoms. The quantitative estimate of drug-likeness (QED) is 0.354. The van der Waals surface area contributed by atoms with Gasteiger partial charge in [-0.15, -0.1) is 0 Å². The zero-order valence-electron chi connectivity index (χ0n) is 14.5. The lowest BCUT2D eigenvalue weighted by Gasteiger charge is -2.20. The first-order chi connectivity index (χ1) is 9.41. The second-order valence-electron chi connectivity index (χ2n) is 6.49. The lowest BCUT2D eigenvalue weighted by molar-refractivity contribution is 0.0480. The standard InChI is InChI=1S/C19H36O/c1-6-8-9-12-17(3)13-10-14-18(4)15-11-16-19(5,20)7-2/h13,15,20H,6-12,14,16H2,1-5H3/b17-13+,18-15+. The third-order valence-corrected chi connectivity index (χ3v) is 4.14. The van der Waals surface area contributed by atoms with Crippen LogP contribution in [0, 0.1) is 0 Å². The molecule has 0 aliphatic rings. The summed E-state index contributed by atoms with van der Waals surface area (Å²) in [6.45, 7) is 10.7. The Bertz CT molecular complexity index is 297. The number of hydrogen-bond acceptors (Lipinski definition) is 1. The highest BCUT2D eigenvalue weighted by molar-refractivity contribution is 5.03. The van der Waals surface area contributed by atoms with Crippen LogP contribution in [0.3, 0.4) is 0 Å². The van der Waals surface area contributed by atoms with Gasteiger partial charge in [-0.3, -0.25) is 0 Å². The fourth-order valence-electron chi connectivity index (χ4n) is 2.21. The number of unbranched alkanes of at least 4 members (excludes halogenated alkanes) is 2. The van der Waals surface area contributed by atoms with E-state index in [-0.39, 0.29) is 0 Å². The van der Waals surface area contributed by atoms with Crippen molar-refractivity contribution < 1.29 is 5.11 Å². The SMILES string of the molecule is CCCCC/C(C)=C/CC/C(C)=C/CCC(C)(O)CC. The number of rotatable bonds is 11. The Morgan fingerprint density at radius 1 is 0.950 bits per heavy atom. The molecule has 1 nitrogen and oxygen atoms in total. The average Bonchev–Trinajstić information content (AvgIpc) is 2.39. The van der Waals surface area contributed by atoms with Gasteiger partial charge in [-0.1, -0.05) is 50.0 Å². The van der Waals surface area contributed by atoms with E-state index in [1.54, 1.807) is 5.57 Å². The molecular formula is C19H36O. The van der Waals surface area contributed by atoms with E-state index in [4.69, 9.17) is 0 Å². The summed E-state index contributed by atoms with van der Waals surface area (Å²) < 4.78 is 0. The van der Waals surface area contributed by atoms with Crippen LogP contribution in [0.1, 0.15) is 92.4 Å². The molecule has 0 aromatic heterocycles. The van der Waals surface area contributed by atoms with E-state index in [2.05, 4.69) is 32.9 Å². The van der Waals surface area contributed by atoms with Crippen molar-refractivity contribution in [2.75, 3.05) is 0 Å². The molecule has 0 aliphatic carbocycles. The molecule has 0 fully saturated rings. The Kier molecular flexibility index (Phi) is 10.8. The molecule has 1 unspecified atom stereocenters. The molecule has 1 N–H and O–H groups in total. The maximum absolute atomic E-state index is 9.95. The Hall–Kier alpha value is -0.560. The van der Waals surface area contributed by atoms with Crippen molar-refractivity contribution in [3.05, 3.63) is 23.3 Å². The first-order valence-electron chi connectivity index (χ1n) is 8.45. The highest BCUT2D eigenvalue weighted by Gasteiger charge is 2.15. The molecule has 0 rings (SSSR count). The van der Waals surface area contributed by atoms with Gasteiger partial charge < -0.3 is 5.11 Å². The van der Waals surface area contributed by atoms with Crippen LogP contribution >= 0.6 is 0 Å². The third-order valence-electron chi connectivity index (χ3n) is 4.14. The van der Waals surface area contributed by atoms with Crippen LogP contribution < -0.4 is 0 Å². The number of aliphatic hydroxyl groups is 1. The van der Waals surface area contributed by atoms with Crippen molar-refractivity contribution in [3.63, 3.8) is 0 Å². The minimum absolute atomic E-state index is 0.494. The van der Waals surface area contributed by atoms with E-state index >= 15 is 0 Å². The Balaban J connectivity index is 3.86.